The highest BCUT2D eigenvalue weighted by Crippen LogP contribution is 2.18. The van der Waals surface area contributed by atoms with Crippen LogP contribution in [0.4, 0.5) is 0 Å². The summed E-state index contributed by atoms with van der Waals surface area (Å²) in [5.74, 6) is 0.0663. The smallest absolute Gasteiger partial charge is 0.274 e. The van der Waals surface area contributed by atoms with E-state index in [1.807, 2.05) is 21.8 Å². The Morgan fingerprint density at radius 2 is 2.00 bits per heavy atom. The molecular weight excluding hydrogens is 386 g/mol. The molecule has 0 bridgehead atoms. The van der Waals surface area contributed by atoms with Crippen molar-refractivity contribution in [1.29, 1.82) is 0 Å². The second-order valence-electron chi connectivity index (χ2n) is 8.10. The third-order valence-corrected chi connectivity index (χ3v) is 5.91. The van der Waals surface area contributed by atoms with Crippen LogP contribution in [0, 0.1) is 0 Å². The first kappa shape index (κ1) is 21.8. The van der Waals surface area contributed by atoms with Gasteiger partial charge in [0.15, 0.2) is 0 Å². The van der Waals surface area contributed by atoms with Crippen LogP contribution >= 0.6 is 12.4 Å². The van der Waals surface area contributed by atoms with E-state index in [2.05, 4.69) is 52.6 Å². The molecule has 2 aliphatic heterocycles. The summed E-state index contributed by atoms with van der Waals surface area (Å²) in [6.07, 6.45) is 5.25. The number of aromatic nitrogens is 2. The number of carbonyl (C=O) groups is 1. The Bertz CT molecular complexity index is 775. The zero-order valence-electron chi connectivity index (χ0n) is 17.2. The minimum Gasteiger partial charge on any atom is -0.333 e. The molecule has 2 aliphatic rings. The standard InChI is InChI=1S/C22H31N5O.ClH/c1-18-16-25(17-19-7-3-2-4-8-19)12-6-13-26(18)22(28)21-10-14-27(24-21)20-9-5-11-23-15-20;/h2-4,7-8,10,14,18,20,23H,5-6,9,11-13,15-17H2,1H3;1H. The zero-order valence-corrected chi connectivity index (χ0v) is 18.0. The van der Waals surface area contributed by atoms with Crippen molar-refractivity contribution in [3.8, 4) is 0 Å². The van der Waals surface area contributed by atoms with Gasteiger partial charge in [0.05, 0.1) is 6.04 Å². The van der Waals surface area contributed by atoms with E-state index in [-0.39, 0.29) is 24.4 Å². The van der Waals surface area contributed by atoms with Crippen LogP contribution in [0.5, 0.6) is 0 Å². The highest BCUT2D eigenvalue weighted by atomic mass is 35.5. The van der Waals surface area contributed by atoms with Gasteiger partial charge in [-0.1, -0.05) is 30.3 Å². The Hall–Kier alpha value is -1.89. The number of rotatable bonds is 4. The molecule has 0 aliphatic carbocycles. The van der Waals surface area contributed by atoms with Gasteiger partial charge in [0.25, 0.3) is 5.91 Å². The van der Waals surface area contributed by atoms with Crippen molar-refractivity contribution in [3.63, 3.8) is 0 Å². The van der Waals surface area contributed by atoms with Crippen molar-refractivity contribution in [1.82, 2.24) is 24.9 Å². The molecule has 1 aromatic heterocycles. The number of amides is 1. The van der Waals surface area contributed by atoms with Crippen LogP contribution in [0.15, 0.2) is 42.6 Å². The highest BCUT2D eigenvalue weighted by molar-refractivity contribution is 5.92. The molecule has 158 valence electrons. The number of halogens is 1. The van der Waals surface area contributed by atoms with E-state index < -0.39 is 0 Å². The number of nitrogens with one attached hydrogen (secondary N) is 1. The molecule has 2 fully saturated rings. The lowest BCUT2D eigenvalue weighted by Crippen LogP contribution is -2.42. The average Bonchev–Trinajstić information content (AvgIpc) is 3.15. The summed E-state index contributed by atoms with van der Waals surface area (Å²) in [6.45, 7) is 7.82. The van der Waals surface area contributed by atoms with Crippen molar-refractivity contribution >= 4 is 18.3 Å². The number of nitrogens with zero attached hydrogens (tertiary/aromatic N) is 4. The van der Waals surface area contributed by atoms with E-state index in [4.69, 9.17) is 0 Å². The summed E-state index contributed by atoms with van der Waals surface area (Å²) < 4.78 is 1.98. The van der Waals surface area contributed by atoms with Crippen LogP contribution in [0.3, 0.4) is 0 Å². The summed E-state index contributed by atoms with van der Waals surface area (Å²) in [5.41, 5.74) is 1.91. The fourth-order valence-corrected chi connectivity index (χ4v) is 4.40. The van der Waals surface area contributed by atoms with E-state index in [1.165, 1.54) is 5.56 Å². The number of hydrogen-bond donors (Lipinski definition) is 1. The lowest BCUT2D eigenvalue weighted by Gasteiger charge is -2.28. The third-order valence-electron chi connectivity index (χ3n) is 5.91. The van der Waals surface area contributed by atoms with Crippen LogP contribution in [-0.2, 0) is 6.54 Å². The first-order valence-electron chi connectivity index (χ1n) is 10.5. The lowest BCUT2D eigenvalue weighted by atomic mass is 10.1. The maximum atomic E-state index is 13.1. The van der Waals surface area contributed by atoms with Gasteiger partial charge in [-0.25, -0.2) is 0 Å². The molecular formula is C22H32ClN5O. The molecule has 0 spiro atoms. The molecule has 1 aromatic carbocycles. The second-order valence-corrected chi connectivity index (χ2v) is 8.10. The Labute approximate surface area is 179 Å². The van der Waals surface area contributed by atoms with E-state index >= 15 is 0 Å². The summed E-state index contributed by atoms with van der Waals surface area (Å²) in [4.78, 5) is 17.6. The summed E-state index contributed by atoms with van der Waals surface area (Å²) in [6, 6.07) is 13.0. The van der Waals surface area contributed by atoms with Crippen molar-refractivity contribution in [2.24, 2.45) is 0 Å². The SMILES string of the molecule is CC1CN(Cc2ccccc2)CCCN1C(=O)c1ccn(C2CCCNC2)n1.Cl. The van der Waals surface area contributed by atoms with Crippen LogP contribution in [0.25, 0.3) is 0 Å². The van der Waals surface area contributed by atoms with Gasteiger partial charge in [-0.3, -0.25) is 14.4 Å². The number of hydrogen-bond acceptors (Lipinski definition) is 4. The maximum Gasteiger partial charge on any atom is 0.274 e. The Morgan fingerprint density at radius 3 is 2.76 bits per heavy atom. The second kappa shape index (κ2) is 10.2. The molecule has 2 unspecified atom stereocenters. The van der Waals surface area contributed by atoms with E-state index in [0.29, 0.717) is 11.7 Å². The largest absolute Gasteiger partial charge is 0.333 e. The van der Waals surface area contributed by atoms with Crippen LogP contribution in [0.1, 0.15) is 48.3 Å². The number of piperidine rings is 1. The number of carbonyl (C=O) groups excluding carboxylic acids is 1. The van der Waals surface area contributed by atoms with Crippen molar-refractivity contribution < 1.29 is 4.79 Å². The molecule has 1 N–H and O–H groups in total. The molecule has 2 atom stereocenters. The van der Waals surface area contributed by atoms with Gasteiger partial charge in [0.1, 0.15) is 5.69 Å². The Balaban J connectivity index is 0.00000240. The normalized spacial score (nSPS) is 23.3. The topological polar surface area (TPSA) is 53.4 Å². The van der Waals surface area contributed by atoms with Gasteiger partial charge in [0.2, 0.25) is 0 Å². The monoisotopic (exact) mass is 417 g/mol. The molecule has 0 saturated carbocycles. The van der Waals surface area contributed by atoms with Crippen LogP contribution < -0.4 is 5.32 Å². The van der Waals surface area contributed by atoms with Crippen molar-refractivity contribution in [2.45, 2.75) is 44.8 Å². The highest BCUT2D eigenvalue weighted by Gasteiger charge is 2.28. The van der Waals surface area contributed by atoms with Gasteiger partial charge < -0.3 is 10.2 Å². The van der Waals surface area contributed by atoms with Crippen LogP contribution in [-0.4, -0.2) is 64.3 Å². The third kappa shape index (κ3) is 5.38. The van der Waals surface area contributed by atoms with Gasteiger partial charge in [-0.05, 0) is 44.4 Å². The minimum atomic E-state index is 0. The molecule has 2 aromatic rings. The minimum absolute atomic E-state index is 0. The fourth-order valence-electron chi connectivity index (χ4n) is 4.40. The van der Waals surface area contributed by atoms with Crippen LogP contribution in [0.2, 0.25) is 0 Å². The van der Waals surface area contributed by atoms with E-state index in [0.717, 1.165) is 58.5 Å². The van der Waals surface area contributed by atoms with E-state index in [9.17, 15) is 4.79 Å². The molecule has 6 nitrogen and oxygen atoms in total. The summed E-state index contributed by atoms with van der Waals surface area (Å²) >= 11 is 0. The molecule has 4 rings (SSSR count). The summed E-state index contributed by atoms with van der Waals surface area (Å²) in [7, 11) is 0. The van der Waals surface area contributed by atoms with Crippen molar-refractivity contribution in [2.75, 3.05) is 32.7 Å². The molecule has 1 amide bonds. The first-order valence-corrected chi connectivity index (χ1v) is 10.5. The zero-order chi connectivity index (χ0) is 19.3. The van der Waals surface area contributed by atoms with Gasteiger partial charge >= 0.3 is 0 Å². The molecule has 3 heterocycles. The average molecular weight is 418 g/mol. The predicted molar refractivity (Wildman–Crippen MR) is 117 cm³/mol. The maximum absolute atomic E-state index is 13.1. The number of benzene rings is 1. The lowest BCUT2D eigenvalue weighted by molar-refractivity contribution is 0.0684. The summed E-state index contributed by atoms with van der Waals surface area (Å²) in [5, 5.41) is 8.05. The molecule has 0 radical (unpaired) electrons. The molecule has 2 saturated heterocycles. The molecule has 29 heavy (non-hydrogen) atoms. The quantitative estimate of drug-likeness (QED) is 0.830. The Morgan fingerprint density at radius 1 is 1.17 bits per heavy atom. The Kier molecular flexibility index (Phi) is 7.70. The molecule has 7 heteroatoms. The first-order chi connectivity index (χ1) is 13.7. The van der Waals surface area contributed by atoms with Gasteiger partial charge in [-0.2, -0.15) is 5.10 Å². The van der Waals surface area contributed by atoms with Gasteiger partial charge in [-0.15, -0.1) is 12.4 Å². The predicted octanol–water partition coefficient (Wildman–Crippen LogP) is 2.97. The van der Waals surface area contributed by atoms with Gasteiger partial charge in [0, 0.05) is 45.0 Å². The van der Waals surface area contributed by atoms with Crippen molar-refractivity contribution in [3.05, 3.63) is 53.9 Å². The van der Waals surface area contributed by atoms with E-state index in [1.54, 1.807) is 0 Å². The fraction of sp³-hybridized carbons (Fsp3) is 0.545.